The van der Waals surface area contributed by atoms with Crippen LogP contribution in [0.5, 0.6) is 0 Å². The van der Waals surface area contributed by atoms with Gasteiger partial charge in [0, 0.05) is 0 Å². The van der Waals surface area contributed by atoms with Crippen LogP contribution in [-0.4, -0.2) is 41.2 Å². The van der Waals surface area contributed by atoms with Gasteiger partial charge in [0.1, 0.15) is 0 Å². The van der Waals surface area contributed by atoms with Gasteiger partial charge < -0.3 is 0 Å². The Hall–Kier alpha value is -1.37. The normalized spacial score (nSPS) is 14.5. The minimum atomic E-state index is -2.66. The zero-order chi connectivity index (χ0) is 21.3. The Morgan fingerprint density at radius 3 is 1.93 bits per heavy atom. The van der Waals surface area contributed by atoms with Crippen LogP contribution in [0.25, 0.3) is 0 Å². The first-order valence-electron chi connectivity index (χ1n) is 11.2. The standard InChI is InChI=1S/C11H8NO4.3C4H9.Sn/c13-9-6-7-10(14)12(9)16-11(15)8-4-2-1-3-5-8;3*1-3-4-2;/h1-2,4-5H,6-7H2;3*1,3-4H2,2H3;. The fourth-order valence-corrected chi connectivity index (χ4v) is 20.2. The van der Waals surface area contributed by atoms with Crippen molar-refractivity contribution in [2.24, 2.45) is 0 Å². The average Bonchev–Trinajstić information content (AvgIpc) is 3.05. The molecule has 1 aromatic carbocycles. The van der Waals surface area contributed by atoms with Gasteiger partial charge in [-0.15, -0.1) is 0 Å². The zero-order valence-corrected chi connectivity index (χ0v) is 21.0. The quantitative estimate of drug-likeness (QED) is 0.296. The Bertz CT molecular complexity index is 681. The van der Waals surface area contributed by atoms with Gasteiger partial charge in [0.25, 0.3) is 0 Å². The Morgan fingerprint density at radius 1 is 0.931 bits per heavy atom. The van der Waals surface area contributed by atoms with Gasteiger partial charge in [-0.3, -0.25) is 0 Å². The Balaban J connectivity index is 2.30. The Labute approximate surface area is 179 Å². The molecule has 0 radical (unpaired) electrons. The molecule has 2 rings (SSSR count). The fourth-order valence-electron chi connectivity index (χ4n) is 4.12. The summed E-state index contributed by atoms with van der Waals surface area (Å²) in [5.41, 5.74) is 0.445. The van der Waals surface area contributed by atoms with E-state index in [2.05, 4.69) is 26.8 Å². The molecule has 1 aliphatic heterocycles. The Morgan fingerprint density at radius 2 is 1.45 bits per heavy atom. The van der Waals surface area contributed by atoms with Crippen molar-refractivity contribution in [3.63, 3.8) is 0 Å². The van der Waals surface area contributed by atoms with Crippen LogP contribution >= 0.6 is 0 Å². The Kier molecular flexibility index (Phi) is 9.66. The third-order valence-corrected chi connectivity index (χ3v) is 21.5. The maximum atomic E-state index is 12.7. The van der Waals surface area contributed by atoms with Gasteiger partial charge in [0.15, 0.2) is 0 Å². The van der Waals surface area contributed by atoms with Crippen LogP contribution in [0.4, 0.5) is 0 Å². The van der Waals surface area contributed by atoms with Crippen LogP contribution in [0.1, 0.15) is 82.5 Å². The second-order valence-electron chi connectivity index (χ2n) is 8.13. The molecule has 1 aliphatic rings. The molecule has 29 heavy (non-hydrogen) atoms. The molecule has 2 amide bonds. The molecule has 5 nitrogen and oxygen atoms in total. The van der Waals surface area contributed by atoms with Gasteiger partial charge in [-0.1, -0.05) is 0 Å². The van der Waals surface area contributed by atoms with E-state index in [0.29, 0.717) is 10.6 Å². The number of hydrogen-bond acceptors (Lipinski definition) is 4. The van der Waals surface area contributed by atoms with E-state index in [4.69, 9.17) is 4.84 Å². The molecule has 0 N–H and O–H groups in total. The summed E-state index contributed by atoms with van der Waals surface area (Å²) in [7, 11) is 0. The van der Waals surface area contributed by atoms with Crippen molar-refractivity contribution >= 4 is 39.7 Å². The number of benzene rings is 1. The van der Waals surface area contributed by atoms with Crippen LogP contribution in [0.3, 0.4) is 0 Å². The van der Waals surface area contributed by atoms with Crippen molar-refractivity contribution in [1.29, 1.82) is 0 Å². The molecule has 0 bridgehead atoms. The SMILES string of the molecule is CCC[CH2][Sn]([CH2]CCC)([CH2]CCC)[c]1cccc(C(=O)ON2C(=O)CCC2=O)c1. The summed E-state index contributed by atoms with van der Waals surface area (Å²) in [5, 5.41) is 0.636. The first-order valence-corrected chi connectivity index (χ1v) is 18.6. The predicted molar refractivity (Wildman–Crippen MR) is 117 cm³/mol. The fraction of sp³-hybridized carbons (Fsp3) is 0.609. The number of amides is 2. The summed E-state index contributed by atoms with van der Waals surface area (Å²) < 4.78 is 5.31. The predicted octanol–water partition coefficient (Wildman–Crippen LogP) is 4.96. The molecule has 1 heterocycles. The molecular formula is C23H35NO4Sn. The van der Waals surface area contributed by atoms with Crippen molar-refractivity contribution in [3.05, 3.63) is 29.8 Å². The van der Waals surface area contributed by atoms with E-state index in [1.54, 1.807) is 6.07 Å². The summed E-state index contributed by atoms with van der Waals surface area (Å²) in [6, 6.07) is 7.88. The van der Waals surface area contributed by atoms with Crippen molar-refractivity contribution in [1.82, 2.24) is 5.06 Å². The van der Waals surface area contributed by atoms with Crippen LogP contribution in [-0.2, 0) is 14.4 Å². The number of carbonyl (C=O) groups is 3. The zero-order valence-electron chi connectivity index (χ0n) is 18.2. The van der Waals surface area contributed by atoms with Crippen molar-refractivity contribution in [2.45, 2.75) is 85.4 Å². The van der Waals surface area contributed by atoms with Crippen molar-refractivity contribution < 1.29 is 19.2 Å². The van der Waals surface area contributed by atoms with Gasteiger partial charge >= 0.3 is 179 Å². The molecular weight excluding hydrogens is 473 g/mol. The molecule has 1 aromatic rings. The first-order chi connectivity index (χ1) is 14.0. The maximum absolute atomic E-state index is 12.7. The molecule has 0 saturated carbocycles. The number of rotatable bonds is 12. The molecule has 0 aliphatic carbocycles. The van der Waals surface area contributed by atoms with E-state index in [1.165, 1.54) is 55.4 Å². The summed E-state index contributed by atoms with van der Waals surface area (Å²) in [6.45, 7) is 6.73. The summed E-state index contributed by atoms with van der Waals surface area (Å²) in [6.07, 6.45) is 7.53. The number of hydroxylamine groups is 2. The molecule has 0 spiro atoms. The first kappa shape index (κ1) is 23.9. The monoisotopic (exact) mass is 509 g/mol. The van der Waals surface area contributed by atoms with Crippen LogP contribution in [0.15, 0.2) is 24.3 Å². The van der Waals surface area contributed by atoms with Gasteiger partial charge in [0.05, 0.1) is 0 Å². The topological polar surface area (TPSA) is 63.7 Å². The number of unbranched alkanes of at least 4 members (excludes halogenated alkanes) is 3. The minimum absolute atomic E-state index is 0.108. The van der Waals surface area contributed by atoms with Gasteiger partial charge in [-0.25, -0.2) is 0 Å². The van der Waals surface area contributed by atoms with Gasteiger partial charge in [-0.05, 0) is 0 Å². The van der Waals surface area contributed by atoms with Crippen LogP contribution < -0.4 is 3.58 Å². The number of hydrogen-bond donors (Lipinski definition) is 0. The van der Waals surface area contributed by atoms with E-state index in [1.807, 2.05) is 12.1 Å². The molecule has 0 atom stereocenters. The second-order valence-corrected chi connectivity index (χ2v) is 21.4. The second kappa shape index (κ2) is 11.7. The van der Waals surface area contributed by atoms with E-state index in [0.717, 1.165) is 0 Å². The van der Waals surface area contributed by atoms with Crippen molar-refractivity contribution in [2.75, 3.05) is 0 Å². The van der Waals surface area contributed by atoms with E-state index in [-0.39, 0.29) is 12.8 Å². The molecule has 0 aromatic heterocycles. The third-order valence-electron chi connectivity index (χ3n) is 5.92. The molecule has 1 saturated heterocycles. The molecule has 1 fully saturated rings. The van der Waals surface area contributed by atoms with Crippen molar-refractivity contribution in [3.8, 4) is 0 Å². The van der Waals surface area contributed by atoms with E-state index < -0.39 is 36.2 Å². The van der Waals surface area contributed by atoms with Crippen LogP contribution in [0, 0.1) is 0 Å². The summed E-state index contributed by atoms with van der Waals surface area (Å²) in [5.74, 6) is -1.50. The van der Waals surface area contributed by atoms with Crippen LogP contribution in [0.2, 0.25) is 13.3 Å². The third kappa shape index (κ3) is 6.30. The van der Waals surface area contributed by atoms with Gasteiger partial charge in [0.2, 0.25) is 0 Å². The molecule has 160 valence electrons. The average molecular weight is 508 g/mol. The number of carbonyl (C=O) groups excluding carboxylic acids is 3. The summed E-state index contributed by atoms with van der Waals surface area (Å²) >= 11 is -2.66. The van der Waals surface area contributed by atoms with E-state index >= 15 is 0 Å². The summed E-state index contributed by atoms with van der Waals surface area (Å²) in [4.78, 5) is 41.4. The number of imide groups is 1. The molecule has 6 heteroatoms. The molecule has 0 unspecified atom stereocenters. The number of nitrogens with zero attached hydrogens (tertiary/aromatic N) is 1. The van der Waals surface area contributed by atoms with E-state index in [9.17, 15) is 14.4 Å². The van der Waals surface area contributed by atoms with Gasteiger partial charge in [-0.2, -0.15) is 0 Å².